The molecule has 0 saturated carbocycles. The molecule has 92 valence electrons. The number of carbonyl (C=O) groups is 1. The van der Waals surface area contributed by atoms with Crippen LogP contribution in [0.1, 0.15) is 5.56 Å². The minimum absolute atomic E-state index is 0.358. The third-order valence-electron chi connectivity index (χ3n) is 2.28. The van der Waals surface area contributed by atoms with Crippen LogP contribution in [-0.4, -0.2) is 10.5 Å². The van der Waals surface area contributed by atoms with Gasteiger partial charge in [0.1, 0.15) is 5.82 Å². The fourth-order valence-corrected chi connectivity index (χ4v) is 2.07. The maximum atomic E-state index is 13.3. The Morgan fingerprint density at radius 2 is 2.22 bits per heavy atom. The number of rotatable bonds is 2. The summed E-state index contributed by atoms with van der Waals surface area (Å²) in [6.07, 6.45) is 4.50. The van der Waals surface area contributed by atoms with Gasteiger partial charge in [-0.15, -0.1) is 11.3 Å². The Balaban J connectivity index is 2.19. The molecule has 2 rings (SSSR count). The second-order valence-electron chi connectivity index (χ2n) is 3.60. The maximum Gasteiger partial charge on any atom is 0.272 e. The molecule has 0 atom stereocenters. The van der Waals surface area contributed by atoms with Gasteiger partial charge in [0.15, 0.2) is 4.80 Å². The van der Waals surface area contributed by atoms with Gasteiger partial charge in [0.2, 0.25) is 0 Å². The highest BCUT2D eigenvalue weighted by molar-refractivity contribution is 7.07. The summed E-state index contributed by atoms with van der Waals surface area (Å²) in [5, 5.41) is 1.84. The number of halogens is 1. The Morgan fingerprint density at radius 1 is 1.44 bits per heavy atom. The molecule has 0 aliphatic rings. The zero-order valence-electron chi connectivity index (χ0n) is 9.71. The van der Waals surface area contributed by atoms with Crippen molar-refractivity contribution < 1.29 is 9.18 Å². The Bertz CT molecular complexity index is 655. The molecular weight excluding hydrogens is 251 g/mol. The highest BCUT2D eigenvalue weighted by Gasteiger charge is 1.98. The van der Waals surface area contributed by atoms with E-state index in [1.54, 1.807) is 22.8 Å². The summed E-state index contributed by atoms with van der Waals surface area (Å²) in [6, 6.07) is 6.26. The molecule has 2 aromatic rings. The lowest BCUT2D eigenvalue weighted by Crippen LogP contribution is -2.11. The molecule has 1 amide bonds. The van der Waals surface area contributed by atoms with Gasteiger partial charge < -0.3 is 4.57 Å². The lowest BCUT2D eigenvalue weighted by Gasteiger charge is -1.93. The molecule has 1 heterocycles. The second kappa shape index (κ2) is 5.55. The van der Waals surface area contributed by atoms with Crippen LogP contribution >= 0.6 is 11.3 Å². The smallest absolute Gasteiger partial charge is 0.272 e. The van der Waals surface area contributed by atoms with Gasteiger partial charge in [-0.1, -0.05) is 18.2 Å². The first kappa shape index (κ1) is 12.4. The van der Waals surface area contributed by atoms with Crippen LogP contribution in [-0.2, 0) is 11.8 Å². The van der Waals surface area contributed by atoms with E-state index in [0.29, 0.717) is 10.4 Å². The van der Waals surface area contributed by atoms with Gasteiger partial charge in [-0.3, -0.25) is 4.79 Å². The summed E-state index contributed by atoms with van der Waals surface area (Å²) >= 11 is 1.37. The summed E-state index contributed by atoms with van der Waals surface area (Å²) in [7, 11) is 1.81. The first-order valence-corrected chi connectivity index (χ1v) is 6.16. The van der Waals surface area contributed by atoms with Gasteiger partial charge in [0.05, 0.1) is 0 Å². The van der Waals surface area contributed by atoms with Crippen LogP contribution in [0.15, 0.2) is 46.9 Å². The van der Waals surface area contributed by atoms with Crippen LogP contribution < -0.4 is 4.80 Å². The van der Waals surface area contributed by atoms with E-state index in [1.165, 1.54) is 29.6 Å². The van der Waals surface area contributed by atoms with E-state index in [-0.39, 0.29) is 5.82 Å². The lowest BCUT2D eigenvalue weighted by atomic mass is 10.2. The van der Waals surface area contributed by atoms with Crippen molar-refractivity contribution in [3.63, 3.8) is 0 Å². The molecule has 3 nitrogen and oxygen atoms in total. The SMILES string of the molecule is Cn1ccsc1=NC(=O)/C=C/c1ccccc1F. The van der Waals surface area contributed by atoms with Crippen molar-refractivity contribution in [1.29, 1.82) is 0 Å². The molecule has 0 radical (unpaired) electrons. The third-order valence-corrected chi connectivity index (χ3v) is 3.12. The number of carbonyl (C=O) groups excluding carboxylic acids is 1. The van der Waals surface area contributed by atoms with E-state index >= 15 is 0 Å². The summed E-state index contributed by atoms with van der Waals surface area (Å²) in [5.74, 6) is -0.764. The van der Waals surface area contributed by atoms with E-state index in [4.69, 9.17) is 0 Å². The molecule has 5 heteroatoms. The third kappa shape index (κ3) is 3.01. The molecule has 0 N–H and O–H groups in total. The zero-order valence-corrected chi connectivity index (χ0v) is 10.5. The number of aromatic nitrogens is 1. The number of amides is 1. The van der Waals surface area contributed by atoms with E-state index in [0.717, 1.165) is 0 Å². The fourth-order valence-electron chi connectivity index (χ4n) is 1.34. The van der Waals surface area contributed by atoms with Crippen LogP contribution in [0.3, 0.4) is 0 Å². The van der Waals surface area contributed by atoms with Gasteiger partial charge in [0.25, 0.3) is 5.91 Å². The van der Waals surface area contributed by atoms with Crippen LogP contribution in [0.25, 0.3) is 6.08 Å². The van der Waals surface area contributed by atoms with Crippen LogP contribution in [0.5, 0.6) is 0 Å². The molecule has 0 spiro atoms. The second-order valence-corrected chi connectivity index (χ2v) is 4.47. The van der Waals surface area contributed by atoms with Gasteiger partial charge in [0, 0.05) is 30.3 Å². The molecular formula is C13H11FN2OS. The van der Waals surface area contributed by atoms with E-state index in [1.807, 2.05) is 18.6 Å². The topological polar surface area (TPSA) is 34.4 Å². The number of aryl methyl sites for hydroxylation is 1. The Kier molecular flexibility index (Phi) is 3.84. The average molecular weight is 262 g/mol. The summed E-state index contributed by atoms with van der Waals surface area (Å²) in [6.45, 7) is 0. The zero-order chi connectivity index (χ0) is 13.0. The highest BCUT2D eigenvalue weighted by Crippen LogP contribution is 2.07. The minimum atomic E-state index is -0.406. The standard InChI is InChI=1S/C13H11FN2OS/c1-16-8-9-18-13(16)15-12(17)7-6-10-4-2-3-5-11(10)14/h2-9H,1H3/b7-6+,15-13?. The van der Waals surface area contributed by atoms with E-state index < -0.39 is 5.91 Å². The Morgan fingerprint density at radius 3 is 2.89 bits per heavy atom. The van der Waals surface area contributed by atoms with Crippen molar-refractivity contribution in [2.75, 3.05) is 0 Å². The van der Waals surface area contributed by atoms with E-state index in [2.05, 4.69) is 4.99 Å². The molecule has 0 unspecified atom stereocenters. The minimum Gasteiger partial charge on any atom is -0.327 e. The number of nitrogens with zero attached hydrogens (tertiary/aromatic N) is 2. The number of benzene rings is 1. The molecule has 0 bridgehead atoms. The maximum absolute atomic E-state index is 13.3. The normalized spacial score (nSPS) is 12.2. The molecule has 18 heavy (non-hydrogen) atoms. The van der Waals surface area contributed by atoms with Crippen molar-refractivity contribution in [1.82, 2.24) is 4.57 Å². The van der Waals surface area contributed by atoms with Crippen molar-refractivity contribution >= 4 is 23.3 Å². The van der Waals surface area contributed by atoms with Crippen molar-refractivity contribution in [3.8, 4) is 0 Å². The molecule has 0 aliphatic heterocycles. The molecule has 0 fully saturated rings. The van der Waals surface area contributed by atoms with Crippen molar-refractivity contribution in [3.05, 3.63) is 58.1 Å². The fraction of sp³-hybridized carbons (Fsp3) is 0.0769. The van der Waals surface area contributed by atoms with E-state index in [9.17, 15) is 9.18 Å². The van der Waals surface area contributed by atoms with Crippen molar-refractivity contribution in [2.45, 2.75) is 0 Å². The largest absolute Gasteiger partial charge is 0.327 e. The van der Waals surface area contributed by atoms with Gasteiger partial charge in [-0.05, 0) is 12.1 Å². The number of hydrogen-bond donors (Lipinski definition) is 0. The Labute approximate surface area is 108 Å². The predicted molar refractivity (Wildman–Crippen MR) is 69.3 cm³/mol. The molecule has 0 aliphatic carbocycles. The first-order chi connectivity index (χ1) is 8.66. The Hall–Kier alpha value is -2.01. The lowest BCUT2D eigenvalue weighted by molar-refractivity contribution is -0.113. The molecule has 1 aromatic carbocycles. The first-order valence-electron chi connectivity index (χ1n) is 5.28. The average Bonchev–Trinajstić information content (AvgIpc) is 2.74. The predicted octanol–water partition coefficient (Wildman–Crippen LogP) is 2.37. The monoisotopic (exact) mass is 262 g/mol. The van der Waals surface area contributed by atoms with Gasteiger partial charge >= 0.3 is 0 Å². The molecule has 0 saturated heterocycles. The van der Waals surface area contributed by atoms with Gasteiger partial charge in [-0.25, -0.2) is 4.39 Å². The quantitative estimate of drug-likeness (QED) is 0.765. The van der Waals surface area contributed by atoms with Crippen LogP contribution in [0.2, 0.25) is 0 Å². The molecule has 1 aromatic heterocycles. The number of thiazole rings is 1. The summed E-state index contributed by atoms with van der Waals surface area (Å²) < 4.78 is 15.0. The van der Waals surface area contributed by atoms with Crippen molar-refractivity contribution in [2.24, 2.45) is 12.0 Å². The van der Waals surface area contributed by atoms with Crippen LogP contribution in [0, 0.1) is 5.82 Å². The highest BCUT2D eigenvalue weighted by atomic mass is 32.1. The number of hydrogen-bond acceptors (Lipinski definition) is 2. The van der Waals surface area contributed by atoms with Gasteiger partial charge in [-0.2, -0.15) is 4.99 Å². The summed E-state index contributed by atoms with van der Waals surface area (Å²) in [5.41, 5.74) is 0.372. The summed E-state index contributed by atoms with van der Waals surface area (Å²) in [4.78, 5) is 16.1. The van der Waals surface area contributed by atoms with Crippen LogP contribution in [0.4, 0.5) is 4.39 Å².